The average Bonchev–Trinajstić information content (AvgIpc) is 2.81. The number of nitrogens with zero attached hydrogens (tertiary/aromatic N) is 2. The highest BCUT2D eigenvalue weighted by Gasteiger charge is 2.15. The Hall–Kier alpha value is -1.51. The Labute approximate surface area is 134 Å². The molecule has 0 aliphatic rings. The first-order valence-corrected chi connectivity index (χ1v) is 7.82. The molecule has 4 heteroatoms. The summed E-state index contributed by atoms with van der Waals surface area (Å²) in [6, 6.07) is 12.2. The molecular formula is C17H16Cl2N2. The summed E-state index contributed by atoms with van der Waals surface area (Å²) in [6.07, 6.45) is 0.708. The molecule has 108 valence electrons. The summed E-state index contributed by atoms with van der Waals surface area (Å²) in [7, 11) is 0. The average molecular weight is 319 g/mol. The summed E-state index contributed by atoms with van der Waals surface area (Å²) in [4.78, 5) is 4.73. The number of aromatic nitrogens is 2. The van der Waals surface area contributed by atoms with Gasteiger partial charge in [-0.25, -0.2) is 4.98 Å². The van der Waals surface area contributed by atoms with E-state index in [1.807, 2.05) is 24.3 Å². The van der Waals surface area contributed by atoms with Gasteiger partial charge in [0.1, 0.15) is 5.82 Å². The molecule has 2 aromatic carbocycles. The third-order valence-corrected chi connectivity index (χ3v) is 4.12. The molecule has 1 heterocycles. The van der Waals surface area contributed by atoms with Crippen molar-refractivity contribution >= 4 is 34.2 Å². The van der Waals surface area contributed by atoms with Crippen LogP contribution in [0.4, 0.5) is 0 Å². The maximum absolute atomic E-state index is 6.43. The van der Waals surface area contributed by atoms with E-state index in [-0.39, 0.29) is 0 Å². The third kappa shape index (κ3) is 2.54. The fourth-order valence-electron chi connectivity index (χ4n) is 2.65. The van der Waals surface area contributed by atoms with Crippen LogP contribution in [0.5, 0.6) is 0 Å². The van der Waals surface area contributed by atoms with Crippen molar-refractivity contribution in [1.29, 1.82) is 0 Å². The molecule has 0 amide bonds. The molecule has 2 nitrogen and oxygen atoms in total. The van der Waals surface area contributed by atoms with Crippen molar-refractivity contribution in [3.63, 3.8) is 0 Å². The first-order valence-electron chi connectivity index (χ1n) is 6.91. The summed E-state index contributed by atoms with van der Waals surface area (Å²) in [6.45, 7) is 4.15. The van der Waals surface area contributed by atoms with Crippen LogP contribution < -0.4 is 0 Å². The predicted octanol–water partition coefficient (Wildman–Crippen LogP) is 5.08. The van der Waals surface area contributed by atoms with E-state index in [1.165, 1.54) is 11.1 Å². The first-order chi connectivity index (χ1) is 10.1. The summed E-state index contributed by atoms with van der Waals surface area (Å²) < 4.78 is 2.14. The van der Waals surface area contributed by atoms with Crippen molar-refractivity contribution < 1.29 is 0 Å². The Morgan fingerprint density at radius 1 is 1.14 bits per heavy atom. The fourth-order valence-corrected chi connectivity index (χ4v) is 3.02. The quantitative estimate of drug-likeness (QED) is 0.616. The lowest BCUT2D eigenvalue weighted by atomic mass is 10.2. The number of aryl methyl sites for hydroxylation is 3. The normalized spacial score (nSPS) is 11.2. The molecule has 3 rings (SSSR count). The minimum Gasteiger partial charge on any atom is -0.294 e. The van der Waals surface area contributed by atoms with Gasteiger partial charge in [-0.3, -0.25) is 4.57 Å². The molecule has 0 saturated heterocycles. The Morgan fingerprint density at radius 2 is 1.95 bits per heavy atom. The van der Waals surface area contributed by atoms with Crippen molar-refractivity contribution in [2.45, 2.75) is 20.3 Å². The second-order valence-corrected chi connectivity index (χ2v) is 5.99. The Morgan fingerprint density at radius 3 is 2.71 bits per heavy atom. The van der Waals surface area contributed by atoms with Crippen molar-refractivity contribution in [1.82, 2.24) is 9.55 Å². The smallest absolute Gasteiger partial charge is 0.115 e. The maximum atomic E-state index is 6.43. The van der Waals surface area contributed by atoms with Crippen LogP contribution in [-0.2, 0) is 6.42 Å². The molecule has 0 bridgehead atoms. The number of hydrogen-bond donors (Lipinski definition) is 0. The molecule has 0 spiro atoms. The van der Waals surface area contributed by atoms with Gasteiger partial charge in [-0.15, -0.1) is 11.6 Å². The number of fused-ring (bicyclic) bond motifs is 1. The van der Waals surface area contributed by atoms with E-state index in [9.17, 15) is 0 Å². The van der Waals surface area contributed by atoms with Gasteiger partial charge in [0.15, 0.2) is 0 Å². The zero-order valence-electron chi connectivity index (χ0n) is 12.0. The SMILES string of the molecule is Cc1ccc(Cl)c(-n2c(CCCl)nc3cccc(C)c32)c1. The van der Waals surface area contributed by atoms with Crippen molar-refractivity contribution in [3.05, 3.63) is 58.4 Å². The lowest BCUT2D eigenvalue weighted by molar-refractivity contribution is 0.910. The van der Waals surface area contributed by atoms with Crippen molar-refractivity contribution in [2.24, 2.45) is 0 Å². The molecule has 0 radical (unpaired) electrons. The molecular weight excluding hydrogens is 303 g/mol. The number of rotatable bonds is 3. The molecule has 0 saturated carbocycles. The largest absolute Gasteiger partial charge is 0.294 e. The fraction of sp³-hybridized carbons (Fsp3) is 0.235. The number of benzene rings is 2. The van der Waals surface area contributed by atoms with Crippen LogP contribution in [0.25, 0.3) is 16.7 Å². The van der Waals surface area contributed by atoms with Gasteiger partial charge in [-0.2, -0.15) is 0 Å². The topological polar surface area (TPSA) is 17.8 Å². The second-order valence-electron chi connectivity index (χ2n) is 5.20. The predicted molar refractivity (Wildman–Crippen MR) is 90.0 cm³/mol. The number of alkyl halides is 1. The molecule has 0 aliphatic heterocycles. The minimum absolute atomic E-state index is 0.534. The number of halogens is 2. The Balaban J connectivity index is 2.38. The van der Waals surface area contributed by atoms with Crippen molar-refractivity contribution in [3.8, 4) is 5.69 Å². The first kappa shape index (κ1) is 14.4. The summed E-state index contributed by atoms with van der Waals surface area (Å²) >= 11 is 12.4. The van der Waals surface area contributed by atoms with Crippen LogP contribution in [0.15, 0.2) is 36.4 Å². The van der Waals surface area contributed by atoms with E-state index in [0.29, 0.717) is 12.3 Å². The summed E-state index contributed by atoms with van der Waals surface area (Å²) in [5, 5.41) is 0.721. The van der Waals surface area contributed by atoms with Crippen LogP contribution in [0.3, 0.4) is 0 Å². The van der Waals surface area contributed by atoms with E-state index in [0.717, 1.165) is 27.6 Å². The Bertz CT molecular complexity index is 806. The van der Waals surface area contributed by atoms with Crippen LogP contribution >= 0.6 is 23.2 Å². The lowest BCUT2D eigenvalue weighted by Crippen LogP contribution is -2.04. The van der Waals surface area contributed by atoms with Gasteiger partial charge in [-0.1, -0.05) is 29.8 Å². The van der Waals surface area contributed by atoms with E-state index < -0.39 is 0 Å². The zero-order valence-corrected chi connectivity index (χ0v) is 13.5. The van der Waals surface area contributed by atoms with Gasteiger partial charge in [0.25, 0.3) is 0 Å². The van der Waals surface area contributed by atoms with Gasteiger partial charge >= 0.3 is 0 Å². The van der Waals surface area contributed by atoms with Crippen molar-refractivity contribution in [2.75, 3.05) is 5.88 Å². The van der Waals surface area contributed by atoms with Gasteiger partial charge in [0.2, 0.25) is 0 Å². The number of para-hydroxylation sites is 1. The monoisotopic (exact) mass is 318 g/mol. The molecule has 0 unspecified atom stereocenters. The maximum Gasteiger partial charge on any atom is 0.115 e. The molecule has 1 aromatic heterocycles. The summed E-state index contributed by atoms with van der Waals surface area (Å²) in [5.74, 6) is 1.48. The molecule has 0 fully saturated rings. The van der Waals surface area contributed by atoms with Crippen LogP contribution in [0.1, 0.15) is 17.0 Å². The van der Waals surface area contributed by atoms with Crippen LogP contribution in [-0.4, -0.2) is 15.4 Å². The standard InChI is InChI=1S/C17H16Cl2N2/c1-11-6-7-13(19)15(10-11)21-16(8-9-18)20-14-5-3-4-12(2)17(14)21/h3-7,10H,8-9H2,1-2H3. The number of hydrogen-bond acceptors (Lipinski definition) is 1. The number of imidazole rings is 1. The molecule has 3 aromatic rings. The van der Waals surface area contributed by atoms with Crippen LogP contribution in [0, 0.1) is 13.8 Å². The molecule has 21 heavy (non-hydrogen) atoms. The minimum atomic E-state index is 0.534. The second kappa shape index (κ2) is 5.70. The highest BCUT2D eigenvalue weighted by molar-refractivity contribution is 6.32. The Kier molecular flexibility index (Phi) is 3.92. The van der Waals surface area contributed by atoms with E-state index in [4.69, 9.17) is 28.2 Å². The zero-order chi connectivity index (χ0) is 15.0. The lowest BCUT2D eigenvalue weighted by Gasteiger charge is -2.12. The van der Waals surface area contributed by atoms with Gasteiger partial charge in [-0.05, 0) is 43.2 Å². The highest BCUT2D eigenvalue weighted by Crippen LogP contribution is 2.29. The summed E-state index contributed by atoms with van der Waals surface area (Å²) in [5.41, 5.74) is 5.39. The molecule has 0 atom stereocenters. The van der Waals surface area contributed by atoms with Gasteiger partial charge in [0.05, 0.1) is 21.7 Å². The third-order valence-electron chi connectivity index (χ3n) is 3.61. The highest BCUT2D eigenvalue weighted by atomic mass is 35.5. The van der Waals surface area contributed by atoms with Gasteiger partial charge in [0, 0.05) is 12.3 Å². The van der Waals surface area contributed by atoms with Gasteiger partial charge < -0.3 is 0 Å². The van der Waals surface area contributed by atoms with Crippen LogP contribution in [0.2, 0.25) is 5.02 Å². The molecule has 0 aliphatic carbocycles. The molecule has 0 N–H and O–H groups in total. The van der Waals surface area contributed by atoms with E-state index in [1.54, 1.807) is 0 Å². The van der Waals surface area contributed by atoms with E-state index in [2.05, 4.69) is 30.5 Å². The van der Waals surface area contributed by atoms with E-state index >= 15 is 0 Å².